The highest BCUT2D eigenvalue weighted by Crippen LogP contribution is 2.13. The minimum Gasteiger partial charge on any atom is -0.229 e. The molecule has 13 heavy (non-hydrogen) atoms. The smallest absolute Gasteiger partial charge is 0.147 e. The van der Waals surface area contributed by atoms with E-state index < -0.39 is 9.84 Å². The monoisotopic (exact) mass is 216 g/mol. The molecule has 0 atom stereocenters. The van der Waals surface area contributed by atoms with Crippen molar-refractivity contribution in [3.8, 4) is 0 Å². The fourth-order valence-electron chi connectivity index (χ4n) is 1.02. The van der Waals surface area contributed by atoms with Crippen molar-refractivity contribution in [3.63, 3.8) is 0 Å². The zero-order valence-electron chi connectivity index (χ0n) is 7.40. The molecule has 0 amide bonds. The van der Waals surface area contributed by atoms with Crippen LogP contribution in [0.1, 0.15) is 5.56 Å². The molecule has 0 saturated carbocycles. The topological polar surface area (TPSA) is 34.1 Å². The van der Waals surface area contributed by atoms with Gasteiger partial charge in [-0.3, -0.25) is 0 Å². The Bertz CT molecular complexity index is 382. The number of benzene rings is 1. The summed E-state index contributed by atoms with van der Waals surface area (Å²) >= 11 is 4.23. The quantitative estimate of drug-likeness (QED) is 0.778. The molecule has 0 heterocycles. The van der Waals surface area contributed by atoms with E-state index in [1.165, 1.54) is 6.26 Å². The first-order valence-electron chi connectivity index (χ1n) is 3.93. The van der Waals surface area contributed by atoms with Gasteiger partial charge in [-0.2, -0.15) is 0 Å². The summed E-state index contributed by atoms with van der Waals surface area (Å²) in [6.45, 7) is 0. The van der Waals surface area contributed by atoms with Crippen LogP contribution in [0, 0.1) is 0 Å². The minimum atomic E-state index is -2.87. The molecule has 0 aromatic heterocycles. The van der Waals surface area contributed by atoms with E-state index in [1.54, 1.807) is 0 Å². The number of thiol groups is 1. The van der Waals surface area contributed by atoms with Gasteiger partial charge in [0.15, 0.2) is 0 Å². The number of aryl methyl sites for hydroxylation is 1. The Morgan fingerprint density at radius 2 is 1.92 bits per heavy atom. The van der Waals surface area contributed by atoms with Crippen LogP contribution in [0.4, 0.5) is 0 Å². The third-order valence-corrected chi connectivity index (χ3v) is 3.12. The van der Waals surface area contributed by atoms with Crippen molar-refractivity contribution in [2.24, 2.45) is 0 Å². The minimum absolute atomic E-state index is 0.185. The molecule has 0 spiro atoms. The molecule has 2 nitrogen and oxygen atoms in total. The van der Waals surface area contributed by atoms with E-state index >= 15 is 0 Å². The molecule has 1 rings (SSSR count). The van der Waals surface area contributed by atoms with Crippen LogP contribution in [-0.4, -0.2) is 20.4 Å². The summed E-state index contributed by atoms with van der Waals surface area (Å²) in [4.78, 5) is 0.853. The summed E-state index contributed by atoms with van der Waals surface area (Å²) in [5.74, 6) is 0.185. The first-order valence-corrected chi connectivity index (χ1v) is 6.44. The highest BCUT2D eigenvalue weighted by atomic mass is 32.2. The van der Waals surface area contributed by atoms with Gasteiger partial charge in [0.05, 0.1) is 5.75 Å². The molecule has 1 aromatic carbocycles. The second kappa shape index (κ2) is 4.15. The maximum absolute atomic E-state index is 10.9. The Hall–Kier alpha value is -0.480. The third kappa shape index (κ3) is 3.83. The van der Waals surface area contributed by atoms with E-state index in [1.807, 2.05) is 24.3 Å². The van der Waals surface area contributed by atoms with Crippen molar-refractivity contribution in [1.29, 1.82) is 0 Å². The largest absolute Gasteiger partial charge is 0.229 e. The fraction of sp³-hybridized carbons (Fsp3) is 0.333. The van der Waals surface area contributed by atoms with Crippen molar-refractivity contribution in [2.45, 2.75) is 11.3 Å². The van der Waals surface area contributed by atoms with Gasteiger partial charge in [0.1, 0.15) is 9.84 Å². The summed E-state index contributed by atoms with van der Waals surface area (Å²) in [5, 5.41) is 0. The second-order valence-corrected chi connectivity index (χ2v) is 5.75. The molecule has 0 aliphatic heterocycles. The van der Waals surface area contributed by atoms with Gasteiger partial charge in [0.2, 0.25) is 0 Å². The van der Waals surface area contributed by atoms with E-state index in [2.05, 4.69) is 12.6 Å². The molecular weight excluding hydrogens is 204 g/mol. The molecule has 0 radical (unpaired) electrons. The summed E-state index contributed by atoms with van der Waals surface area (Å²) in [5.41, 5.74) is 0.983. The van der Waals surface area contributed by atoms with Gasteiger partial charge in [0.25, 0.3) is 0 Å². The van der Waals surface area contributed by atoms with Gasteiger partial charge in [0, 0.05) is 11.2 Å². The molecule has 4 heteroatoms. The van der Waals surface area contributed by atoms with Crippen molar-refractivity contribution < 1.29 is 8.42 Å². The van der Waals surface area contributed by atoms with Crippen LogP contribution < -0.4 is 0 Å². The summed E-state index contributed by atoms with van der Waals surface area (Å²) in [7, 11) is -2.87. The average molecular weight is 216 g/mol. The Morgan fingerprint density at radius 3 is 2.46 bits per heavy atom. The van der Waals surface area contributed by atoms with Gasteiger partial charge in [-0.05, 0) is 18.1 Å². The fourth-order valence-corrected chi connectivity index (χ4v) is 1.88. The van der Waals surface area contributed by atoms with Gasteiger partial charge < -0.3 is 0 Å². The highest BCUT2D eigenvalue weighted by Gasteiger charge is 2.04. The predicted octanol–water partition coefficient (Wildman–Crippen LogP) is 1.56. The number of hydrogen-bond donors (Lipinski definition) is 1. The zero-order chi connectivity index (χ0) is 9.90. The van der Waals surface area contributed by atoms with Gasteiger partial charge in [-0.15, -0.1) is 12.6 Å². The Kier molecular flexibility index (Phi) is 3.39. The van der Waals surface area contributed by atoms with Gasteiger partial charge in [-0.25, -0.2) is 8.42 Å². The Morgan fingerprint density at radius 1 is 1.31 bits per heavy atom. The van der Waals surface area contributed by atoms with Gasteiger partial charge in [-0.1, -0.05) is 18.2 Å². The molecule has 0 aliphatic carbocycles. The third-order valence-electron chi connectivity index (χ3n) is 1.73. The molecule has 0 aliphatic rings. The molecular formula is C9H12O2S2. The zero-order valence-corrected chi connectivity index (χ0v) is 9.11. The van der Waals surface area contributed by atoms with E-state index in [0.717, 1.165) is 10.5 Å². The van der Waals surface area contributed by atoms with Crippen LogP contribution in [0.3, 0.4) is 0 Å². The normalized spacial score (nSPS) is 11.5. The summed E-state index contributed by atoms with van der Waals surface area (Å²) in [6.07, 6.45) is 1.78. The molecule has 1 aromatic rings. The van der Waals surface area contributed by atoms with Crippen LogP contribution in [0.5, 0.6) is 0 Å². The molecule has 0 fully saturated rings. The summed E-state index contributed by atoms with van der Waals surface area (Å²) < 4.78 is 21.8. The predicted molar refractivity (Wildman–Crippen MR) is 57.1 cm³/mol. The lowest BCUT2D eigenvalue weighted by molar-refractivity contribution is 0.601. The molecule has 0 unspecified atom stereocenters. The van der Waals surface area contributed by atoms with Crippen molar-refractivity contribution in [3.05, 3.63) is 29.8 Å². The van der Waals surface area contributed by atoms with Crippen molar-refractivity contribution in [2.75, 3.05) is 12.0 Å². The highest BCUT2D eigenvalue weighted by molar-refractivity contribution is 7.90. The second-order valence-electron chi connectivity index (χ2n) is 3.01. The maximum atomic E-state index is 10.9. The van der Waals surface area contributed by atoms with Crippen LogP contribution in [-0.2, 0) is 16.3 Å². The van der Waals surface area contributed by atoms with E-state index in [0.29, 0.717) is 6.42 Å². The first-order chi connectivity index (χ1) is 5.99. The SMILES string of the molecule is CS(=O)(=O)CCc1ccccc1S. The van der Waals surface area contributed by atoms with E-state index in [4.69, 9.17) is 0 Å². The lowest BCUT2D eigenvalue weighted by Crippen LogP contribution is -2.06. The summed E-state index contributed by atoms with van der Waals surface area (Å²) in [6, 6.07) is 7.53. The van der Waals surface area contributed by atoms with E-state index in [-0.39, 0.29) is 5.75 Å². The first kappa shape index (κ1) is 10.6. The molecule has 72 valence electrons. The van der Waals surface area contributed by atoms with Crippen LogP contribution in [0.25, 0.3) is 0 Å². The Labute approximate surface area is 84.3 Å². The number of sulfone groups is 1. The standard InChI is InChI=1S/C9H12O2S2/c1-13(10,11)7-6-8-4-2-3-5-9(8)12/h2-5,12H,6-7H2,1H3. The Balaban J connectivity index is 2.71. The lowest BCUT2D eigenvalue weighted by atomic mass is 10.2. The van der Waals surface area contributed by atoms with Crippen LogP contribution >= 0.6 is 12.6 Å². The number of hydrogen-bond acceptors (Lipinski definition) is 3. The lowest BCUT2D eigenvalue weighted by Gasteiger charge is -2.02. The number of rotatable bonds is 3. The van der Waals surface area contributed by atoms with Crippen LogP contribution in [0.15, 0.2) is 29.2 Å². The van der Waals surface area contributed by atoms with E-state index in [9.17, 15) is 8.42 Å². The molecule has 0 saturated heterocycles. The average Bonchev–Trinajstić information content (AvgIpc) is 2.01. The molecule has 0 bridgehead atoms. The maximum Gasteiger partial charge on any atom is 0.147 e. The van der Waals surface area contributed by atoms with Crippen molar-refractivity contribution >= 4 is 22.5 Å². The van der Waals surface area contributed by atoms with Crippen molar-refractivity contribution in [1.82, 2.24) is 0 Å². The molecule has 0 N–H and O–H groups in total. The van der Waals surface area contributed by atoms with Gasteiger partial charge >= 0.3 is 0 Å². The van der Waals surface area contributed by atoms with Crippen LogP contribution in [0.2, 0.25) is 0 Å².